The van der Waals surface area contributed by atoms with E-state index in [0.717, 1.165) is 80.8 Å². The highest BCUT2D eigenvalue weighted by atomic mass is 35.5. The van der Waals surface area contributed by atoms with Crippen LogP contribution in [0.15, 0.2) is 68.7 Å². The average Bonchev–Trinajstić information content (AvgIpc) is 3.34. The Morgan fingerprint density at radius 1 is 0.789 bits per heavy atom. The van der Waals surface area contributed by atoms with Crippen molar-refractivity contribution in [3.05, 3.63) is 74.3 Å². The molecule has 1 N–H and O–H groups in total. The minimum absolute atomic E-state index is 0.632. The number of hydrogen-bond donors (Lipinski definition) is 1. The van der Waals surface area contributed by atoms with Gasteiger partial charge in [-0.15, -0.1) is 0 Å². The Labute approximate surface area is 241 Å². The summed E-state index contributed by atoms with van der Waals surface area (Å²) in [6.45, 7) is 14.8. The van der Waals surface area contributed by atoms with E-state index in [4.69, 9.17) is 28.2 Å². The van der Waals surface area contributed by atoms with Crippen molar-refractivity contribution in [2.45, 2.75) is 99.3 Å². The van der Waals surface area contributed by atoms with Crippen LogP contribution in [-0.4, -0.2) is 24.6 Å². The number of nitrogens with one attached hydrogen (secondary N) is 1. The van der Waals surface area contributed by atoms with Crippen LogP contribution >= 0.6 is 23.2 Å². The summed E-state index contributed by atoms with van der Waals surface area (Å²) in [5.74, 6) is 0.947. The van der Waals surface area contributed by atoms with Gasteiger partial charge < -0.3 is 5.32 Å². The Balaban J connectivity index is 1.74. The van der Waals surface area contributed by atoms with Crippen molar-refractivity contribution in [1.82, 2.24) is 5.32 Å². The predicted octanol–water partition coefficient (Wildman–Crippen LogP) is 10.6. The molecular weight excluding hydrogens is 509 g/mol. The van der Waals surface area contributed by atoms with E-state index in [2.05, 4.69) is 76.2 Å². The molecule has 0 saturated heterocycles. The van der Waals surface area contributed by atoms with Crippen molar-refractivity contribution in [3.63, 3.8) is 0 Å². The topological polar surface area (TPSA) is 36.8 Å². The Bertz CT molecular complexity index is 1080. The molecule has 1 aliphatic rings. The summed E-state index contributed by atoms with van der Waals surface area (Å²) in [7, 11) is 0. The highest BCUT2D eigenvalue weighted by molar-refractivity contribution is 6.36. The van der Waals surface area contributed by atoms with Crippen LogP contribution < -0.4 is 5.32 Å². The Kier molecular flexibility index (Phi) is 14.8. The first-order valence-electron chi connectivity index (χ1n) is 14.0. The van der Waals surface area contributed by atoms with E-state index in [1.807, 2.05) is 12.1 Å². The quantitative estimate of drug-likeness (QED) is 0.169. The fourth-order valence-electron chi connectivity index (χ4n) is 4.35. The lowest BCUT2D eigenvalue weighted by atomic mass is 10.0. The van der Waals surface area contributed by atoms with E-state index in [1.54, 1.807) is 0 Å². The molecule has 0 amide bonds. The first-order chi connectivity index (χ1) is 18.1. The molecule has 0 radical (unpaired) electrons. The van der Waals surface area contributed by atoms with Crippen LogP contribution in [0.5, 0.6) is 0 Å². The van der Waals surface area contributed by atoms with Gasteiger partial charge in [-0.2, -0.15) is 0 Å². The van der Waals surface area contributed by atoms with Gasteiger partial charge in [0.25, 0.3) is 0 Å². The number of benzene rings is 1. The molecule has 38 heavy (non-hydrogen) atoms. The lowest BCUT2D eigenvalue weighted by molar-refractivity contribution is 0.896. The van der Waals surface area contributed by atoms with Crippen LogP contribution in [0.3, 0.4) is 0 Å². The van der Waals surface area contributed by atoms with E-state index in [9.17, 15) is 0 Å². The highest BCUT2D eigenvalue weighted by Crippen LogP contribution is 2.31. The zero-order valence-electron chi connectivity index (χ0n) is 24.4. The number of aliphatic imine (C=N–C) groups is 2. The molecule has 0 spiro atoms. The molecule has 0 fully saturated rings. The Morgan fingerprint density at radius 2 is 1.29 bits per heavy atom. The van der Waals surface area contributed by atoms with Gasteiger partial charge in [0.1, 0.15) is 5.84 Å². The second-order valence-electron chi connectivity index (χ2n) is 10.8. The fourth-order valence-corrected chi connectivity index (χ4v) is 4.96. The summed E-state index contributed by atoms with van der Waals surface area (Å²) >= 11 is 13.1. The van der Waals surface area contributed by atoms with Crippen molar-refractivity contribution in [2.24, 2.45) is 9.98 Å². The van der Waals surface area contributed by atoms with E-state index in [1.165, 1.54) is 28.7 Å². The van der Waals surface area contributed by atoms with Crippen molar-refractivity contribution in [3.8, 4) is 0 Å². The third-order valence-corrected chi connectivity index (χ3v) is 7.36. The number of hydrogen-bond acceptors (Lipinski definition) is 3. The van der Waals surface area contributed by atoms with Crippen LogP contribution in [0.25, 0.3) is 0 Å². The monoisotopic (exact) mass is 555 g/mol. The third kappa shape index (κ3) is 13.1. The number of rotatable bonds is 15. The van der Waals surface area contributed by atoms with Crippen molar-refractivity contribution in [2.75, 3.05) is 13.1 Å². The van der Waals surface area contributed by atoms with Gasteiger partial charge in [0, 0.05) is 28.7 Å². The number of allylic oxidation sites excluding steroid dienone is 8. The number of nitrogens with zero attached hydrogens (tertiary/aromatic N) is 2. The molecule has 0 aromatic heterocycles. The Morgan fingerprint density at radius 3 is 1.76 bits per heavy atom. The van der Waals surface area contributed by atoms with Gasteiger partial charge in [-0.25, -0.2) is 0 Å². The molecule has 3 nitrogen and oxygen atoms in total. The maximum Gasteiger partial charge on any atom is 0.101 e. The molecule has 0 atom stereocenters. The van der Waals surface area contributed by atoms with E-state index >= 15 is 0 Å². The van der Waals surface area contributed by atoms with Crippen molar-refractivity contribution in [1.29, 1.82) is 0 Å². The molecule has 1 heterocycles. The van der Waals surface area contributed by atoms with E-state index in [0.29, 0.717) is 16.5 Å². The van der Waals surface area contributed by atoms with E-state index < -0.39 is 0 Å². The summed E-state index contributed by atoms with van der Waals surface area (Å²) < 4.78 is 0. The van der Waals surface area contributed by atoms with Gasteiger partial charge in [0.15, 0.2) is 0 Å². The molecule has 0 unspecified atom stereocenters. The summed E-state index contributed by atoms with van der Waals surface area (Å²) in [6.07, 6.45) is 18.9. The minimum atomic E-state index is 0.632. The molecule has 2 rings (SSSR count). The zero-order valence-corrected chi connectivity index (χ0v) is 25.9. The van der Waals surface area contributed by atoms with Gasteiger partial charge in [0.05, 0.1) is 12.2 Å². The molecule has 1 aromatic rings. The lowest BCUT2D eigenvalue weighted by Gasteiger charge is -2.09. The first-order valence-corrected chi connectivity index (χ1v) is 14.8. The SMILES string of the molecule is CC(C)=CCC/C(C)=C/CC/C(C)=C/CC/C(C)=C/CCC(C)=Nc1cc(Cl)c(CC2=NCCN2)c(Cl)c1. The number of halogens is 2. The normalized spacial score (nSPS) is 15.0. The Hall–Kier alpha value is -2.10. The minimum Gasteiger partial charge on any atom is -0.372 e. The van der Waals surface area contributed by atoms with Crippen LogP contribution in [0, 0.1) is 0 Å². The largest absolute Gasteiger partial charge is 0.372 e. The number of amidine groups is 1. The second-order valence-corrected chi connectivity index (χ2v) is 11.6. The maximum absolute atomic E-state index is 6.53. The molecule has 0 bridgehead atoms. The smallest absolute Gasteiger partial charge is 0.101 e. The van der Waals surface area contributed by atoms with Gasteiger partial charge >= 0.3 is 0 Å². The standard InChI is InChI=1S/C33H47Cl2N3/c1-24(2)11-7-12-25(3)13-8-14-26(4)15-9-16-27(5)17-10-18-28(6)38-29-21-31(34)30(32(35)22-29)23-33-36-19-20-37-33/h11,13,15,17,21-22H,7-10,12,14,16,18-20,23H2,1-6H3,(H,36,37)/b25-13+,26-15+,27-17+,38-28?. The van der Waals surface area contributed by atoms with E-state index in [-0.39, 0.29) is 0 Å². The summed E-state index contributed by atoms with van der Waals surface area (Å²) in [5.41, 5.74) is 8.63. The summed E-state index contributed by atoms with van der Waals surface area (Å²) in [5, 5.41) is 4.56. The molecular formula is C33H47Cl2N3. The third-order valence-electron chi connectivity index (χ3n) is 6.69. The van der Waals surface area contributed by atoms with Crippen LogP contribution in [-0.2, 0) is 6.42 Å². The second kappa shape index (κ2) is 17.5. The molecule has 0 saturated carbocycles. The van der Waals surface area contributed by atoms with Crippen LogP contribution in [0.4, 0.5) is 5.69 Å². The average molecular weight is 557 g/mol. The summed E-state index contributed by atoms with van der Waals surface area (Å²) in [4.78, 5) is 9.19. The fraction of sp³-hybridized carbons (Fsp3) is 0.515. The molecule has 5 heteroatoms. The van der Waals surface area contributed by atoms with Crippen molar-refractivity contribution < 1.29 is 0 Å². The first kappa shape index (κ1) is 32.1. The zero-order chi connectivity index (χ0) is 27.9. The molecule has 1 aromatic carbocycles. The van der Waals surface area contributed by atoms with Crippen LogP contribution in [0.1, 0.15) is 98.5 Å². The van der Waals surface area contributed by atoms with Gasteiger partial charge in [-0.1, -0.05) is 69.8 Å². The lowest BCUT2D eigenvalue weighted by Crippen LogP contribution is -2.20. The molecule has 208 valence electrons. The predicted molar refractivity (Wildman–Crippen MR) is 171 cm³/mol. The van der Waals surface area contributed by atoms with Gasteiger partial charge in [-0.3, -0.25) is 9.98 Å². The maximum atomic E-state index is 6.53. The summed E-state index contributed by atoms with van der Waals surface area (Å²) in [6, 6.07) is 3.80. The van der Waals surface area contributed by atoms with Crippen molar-refractivity contribution >= 4 is 40.4 Å². The molecule has 0 aliphatic carbocycles. The molecule has 1 aliphatic heterocycles. The highest BCUT2D eigenvalue weighted by Gasteiger charge is 2.13. The van der Waals surface area contributed by atoms with Gasteiger partial charge in [-0.05, 0) is 111 Å². The van der Waals surface area contributed by atoms with Crippen LogP contribution in [0.2, 0.25) is 10.0 Å². The van der Waals surface area contributed by atoms with Gasteiger partial charge in [0.2, 0.25) is 0 Å².